The number of anilines is 1. The number of rotatable bonds is 3. The van der Waals surface area contributed by atoms with E-state index in [0.29, 0.717) is 5.56 Å². The highest BCUT2D eigenvalue weighted by Crippen LogP contribution is 2.27. The van der Waals surface area contributed by atoms with Gasteiger partial charge in [0, 0.05) is 5.56 Å². The summed E-state index contributed by atoms with van der Waals surface area (Å²) in [6, 6.07) is 5.95. The summed E-state index contributed by atoms with van der Waals surface area (Å²) in [7, 11) is 0. The zero-order valence-corrected chi connectivity index (χ0v) is 10.4. The van der Waals surface area contributed by atoms with E-state index in [1.165, 1.54) is 24.4 Å². The van der Waals surface area contributed by atoms with E-state index in [0.717, 1.165) is 12.1 Å². The summed E-state index contributed by atoms with van der Waals surface area (Å²) in [5, 5.41) is 9.09. The first-order valence-corrected chi connectivity index (χ1v) is 5.61. The van der Waals surface area contributed by atoms with Crippen LogP contribution in [0.1, 0.15) is 10.4 Å². The van der Waals surface area contributed by atoms with Crippen LogP contribution in [0.2, 0.25) is 0 Å². The minimum atomic E-state index is -4.78. The predicted molar refractivity (Wildman–Crippen MR) is 67.7 cm³/mol. The zero-order valence-electron chi connectivity index (χ0n) is 10.4. The van der Waals surface area contributed by atoms with Gasteiger partial charge >= 0.3 is 12.3 Å². The number of nitrogens with zero attached hydrogens (tertiary/aromatic N) is 1. The molecule has 3 N–H and O–H groups in total. The highest BCUT2D eigenvalue weighted by Gasteiger charge is 2.31. The molecule has 2 rings (SSSR count). The van der Waals surface area contributed by atoms with Gasteiger partial charge in [-0.25, -0.2) is 4.79 Å². The van der Waals surface area contributed by atoms with Crippen LogP contribution in [0, 0.1) is 0 Å². The Bertz CT molecular complexity index is 669. The quantitative estimate of drug-likeness (QED) is 0.910. The summed E-state index contributed by atoms with van der Waals surface area (Å²) < 4.78 is 39.9. The molecule has 0 aliphatic rings. The molecule has 0 spiro atoms. The summed E-state index contributed by atoms with van der Waals surface area (Å²) in [6.07, 6.45) is -3.52. The smallest absolute Gasteiger partial charge is 0.478 e. The van der Waals surface area contributed by atoms with E-state index in [1.54, 1.807) is 0 Å². The summed E-state index contributed by atoms with van der Waals surface area (Å²) >= 11 is 0. The molecule has 5 nitrogen and oxygen atoms in total. The van der Waals surface area contributed by atoms with E-state index < -0.39 is 18.1 Å². The number of carboxylic acids is 1. The van der Waals surface area contributed by atoms with Crippen molar-refractivity contribution in [3.8, 4) is 17.0 Å². The molecule has 21 heavy (non-hydrogen) atoms. The van der Waals surface area contributed by atoms with Gasteiger partial charge < -0.3 is 15.6 Å². The molecule has 0 saturated carbocycles. The van der Waals surface area contributed by atoms with E-state index in [9.17, 15) is 18.0 Å². The van der Waals surface area contributed by atoms with Crippen molar-refractivity contribution in [3.63, 3.8) is 0 Å². The fraction of sp³-hybridized carbons (Fsp3) is 0.0769. The van der Waals surface area contributed by atoms with Crippen LogP contribution in [-0.4, -0.2) is 22.4 Å². The summed E-state index contributed by atoms with van der Waals surface area (Å²) in [5.41, 5.74) is 5.94. The lowest BCUT2D eigenvalue weighted by Gasteiger charge is -2.10. The summed E-state index contributed by atoms with van der Waals surface area (Å²) in [5.74, 6) is -1.64. The largest absolute Gasteiger partial charge is 0.573 e. The maximum absolute atomic E-state index is 12.1. The number of alkyl halides is 3. The second kappa shape index (κ2) is 5.31. The lowest BCUT2D eigenvalue weighted by atomic mass is 10.1. The first-order valence-electron chi connectivity index (χ1n) is 5.61. The van der Waals surface area contributed by atoms with Gasteiger partial charge in [0.2, 0.25) is 0 Å². The Kier molecular flexibility index (Phi) is 3.70. The molecule has 1 aromatic carbocycles. The molecule has 0 bridgehead atoms. The molecule has 8 heteroatoms. The van der Waals surface area contributed by atoms with E-state index >= 15 is 0 Å². The second-order valence-corrected chi connectivity index (χ2v) is 4.04. The van der Waals surface area contributed by atoms with Crippen molar-refractivity contribution in [2.45, 2.75) is 6.36 Å². The number of carboxylic acid groups (broad SMARTS) is 1. The highest BCUT2D eigenvalue weighted by atomic mass is 19.4. The number of ether oxygens (including phenoxy) is 1. The second-order valence-electron chi connectivity index (χ2n) is 4.04. The monoisotopic (exact) mass is 298 g/mol. The first-order chi connectivity index (χ1) is 9.76. The van der Waals surface area contributed by atoms with Crippen molar-refractivity contribution in [2.24, 2.45) is 0 Å². The topological polar surface area (TPSA) is 85.4 Å². The van der Waals surface area contributed by atoms with Crippen molar-refractivity contribution in [1.82, 2.24) is 4.98 Å². The highest BCUT2D eigenvalue weighted by molar-refractivity contribution is 5.95. The third kappa shape index (κ3) is 3.62. The van der Waals surface area contributed by atoms with Crippen LogP contribution in [0.15, 0.2) is 36.5 Å². The molecule has 0 unspecified atom stereocenters. The minimum Gasteiger partial charge on any atom is -0.478 e. The lowest BCUT2D eigenvalue weighted by Crippen LogP contribution is -2.16. The van der Waals surface area contributed by atoms with Crippen LogP contribution < -0.4 is 10.5 Å². The Morgan fingerprint density at radius 2 is 1.86 bits per heavy atom. The number of hydrogen-bond donors (Lipinski definition) is 2. The van der Waals surface area contributed by atoms with Crippen molar-refractivity contribution in [1.29, 1.82) is 0 Å². The zero-order chi connectivity index (χ0) is 15.6. The van der Waals surface area contributed by atoms with Crippen LogP contribution in [0.4, 0.5) is 18.9 Å². The first kappa shape index (κ1) is 14.6. The molecule has 1 aromatic heterocycles. The van der Waals surface area contributed by atoms with Crippen LogP contribution >= 0.6 is 0 Å². The van der Waals surface area contributed by atoms with Crippen LogP contribution in [-0.2, 0) is 0 Å². The average Bonchev–Trinajstić information content (AvgIpc) is 2.38. The number of halogens is 3. The lowest BCUT2D eigenvalue weighted by molar-refractivity contribution is -0.274. The molecule has 0 atom stereocenters. The van der Waals surface area contributed by atoms with Crippen LogP contribution in [0.3, 0.4) is 0 Å². The maximum Gasteiger partial charge on any atom is 0.573 e. The van der Waals surface area contributed by atoms with Gasteiger partial charge in [0.05, 0.1) is 23.1 Å². The minimum absolute atomic E-state index is 0.107. The van der Waals surface area contributed by atoms with Crippen LogP contribution in [0.25, 0.3) is 11.3 Å². The predicted octanol–water partition coefficient (Wildman–Crippen LogP) is 2.93. The van der Waals surface area contributed by atoms with Gasteiger partial charge in [-0.3, -0.25) is 4.98 Å². The van der Waals surface area contributed by atoms with Crippen LogP contribution in [0.5, 0.6) is 5.75 Å². The Balaban J connectivity index is 2.37. The third-order valence-corrected chi connectivity index (χ3v) is 2.50. The number of nitrogen functional groups attached to an aromatic ring is 1. The molecular formula is C13H9F3N2O3. The van der Waals surface area contributed by atoms with Crippen molar-refractivity contribution in [3.05, 3.63) is 42.1 Å². The van der Waals surface area contributed by atoms with Gasteiger partial charge in [-0.2, -0.15) is 0 Å². The van der Waals surface area contributed by atoms with Gasteiger partial charge in [0.1, 0.15) is 5.75 Å². The van der Waals surface area contributed by atoms with Gasteiger partial charge in [0.25, 0.3) is 0 Å². The summed E-state index contributed by atoms with van der Waals surface area (Å²) in [4.78, 5) is 15.0. The molecular weight excluding hydrogens is 289 g/mol. The summed E-state index contributed by atoms with van der Waals surface area (Å²) in [6.45, 7) is 0. The number of carbonyl (C=O) groups is 1. The number of pyridine rings is 1. The van der Waals surface area contributed by atoms with E-state index in [2.05, 4.69) is 9.72 Å². The fourth-order valence-electron chi connectivity index (χ4n) is 1.69. The molecule has 1 heterocycles. The molecule has 0 saturated heterocycles. The number of nitrogens with two attached hydrogens (primary N) is 1. The average molecular weight is 298 g/mol. The van der Waals surface area contributed by atoms with E-state index in [4.69, 9.17) is 10.8 Å². The normalized spacial score (nSPS) is 11.2. The molecule has 0 aliphatic carbocycles. The molecule has 0 radical (unpaired) electrons. The Morgan fingerprint density at radius 3 is 2.38 bits per heavy atom. The van der Waals surface area contributed by atoms with Gasteiger partial charge in [-0.1, -0.05) is 0 Å². The number of benzene rings is 1. The van der Waals surface area contributed by atoms with Gasteiger partial charge in [0.15, 0.2) is 0 Å². The fourth-order valence-corrected chi connectivity index (χ4v) is 1.69. The Morgan fingerprint density at radius 1 is 1.24 bits per heavy atom. The van der Waals surface area contributed by atoms with Crippen molar-refractivity contribution < 1.29 is 27.8 Å². The van der Waals surface area contributed by atoms with Crippen molar-refractivity contribution >= 4 is 11.7 Å². The molecule has 0 aliphatic heterocycles. The molecule has 2 aromatic rings. The van der Waals surface area contributed by atoms with Crippen molar-refractivity contribution in [2.75, 3.05) is 5.73 Å². The van der Waals surface area contributed by atoms with E-state index in [-0.39, 0.29) is 16.9 Å². The Hall–Kier alpha value is -2.77. The number of hydrogen-bond acceptors (Lipinski definition) is 4. The van der Waals surface area contributed by atoms with Gasteiger partial charge in [-0.05, 0) is 30.3 Å². The third-order valence-electron chi connectivity index (χ3n) is 2.50. The number of aromatic nitrogens is 1. The number of aromatic carboxylic acids is 1. The molecule has 0 fully saturated rings. The standard InChI is InChI=1S/C13H9F3N2O3/c14-13(15,16)21-9-3-1-7(2-4-9)11-10(12(19)20)5-8(17)6-18-11/h1-6H,17H2,(H,19,20). The molecule has 110 valence electrons. The van der Waals surface area contributed by atoms with E-state index in [1.807, 2.05) is 0 Å². The van der Waals surface area contributed by atoms with Gasteiger partial charge in [-0.15, -0.1) is 13.2 Å². The SMILES string of the molecule is Nc1cnc(-c2ccc(OC(F)(F)F)cc2)c(C(=O)O)c1. The molecule has 0 amide bonds. The maximum atomic E-state index is 12.1. The Labute approximate surface area is 116 Å².